The fraction of sp³-hybridized carbons (Fsp3) is 0.174. The van der Waals surface area contributed by atoms with Crippen LogP contribution in [0.25, 0.3) is 0 Å². The molecule has 0 amide bonds. The highest BCUT2D eigenvalue weighted by atomic mass is 16.5. The summed E-state index contributed by atoms with van der Waals surface area (Å²) in [5, 5.41) is 0. The number of nitrogens with zero attached hydrogens (tertiary/aromatic N) is 3. The lowest BCUT2D eigenvalue weighted by atomic mass is 10.1. The number of aliphatic imine (C=N–C) groups is 2. The molecular formula is C23H20N4O2. The summed E-state index contributed by atoms with van der Waals surface area (Å²) in [5.74, 6) is 0.983. The molecule has 5 rings (SSSR count). The normalized spacial score (nSPS) is 20.6. The highest BCUT2D eigenvalue weighted by molar-refractivity contribution is 5.98. The fourth-order valence-corrected chi connectivity index (χ4v) is 3.49. The molecule has 0 fully saturated rings. The SMILES string of the molecule is Nc1cc(C2=N[C@@H](c3ccccc3)CO2)nc(C2=N[C@@H](c3ccccc3)CO2)c1. The molecule has 2 atom stereocenters. The molecule has 3 heterocycles. The van der Waals surface area contributed by atoms with E-state index in [4.69, 9.17) is 25.2 Å². The number of anilines is 1. The summed E-state index contributed by atoms with van der Waals surface area (Å²) >= 11 is 0. The number of pyridine rings is 1. The molecule has 0 saturated carbocycles. The van der Waals surface area contributed by atoms with E-state index in [9.17, 15) is 0 Å². The first kappa shape index (κ1) is 17.4. The van der Waals surface area contributed by atoms with Crippen LogP contribution in [-0.2, 0) is 9.47 Å². The number of ether oxygens (including phenoxy) is 2. The predicted octanol–water partition coefficient (Wildman–Crippen LogP) is 3.70. The van der Waals surface area contributed by atoms with Crippen LogP contribution in [0.15, 0.2) is 82.8 Å². The molecular weight excluding hydrogens is 364 g/mol. The molecule has 3 aromatic rings. The second-order valence-corrected chi connectivity index (χ2v) is 7.01. The molecule has 0 radical (unpaired) electrons. The summed E-state index contributed by atoms with van der Waals surface area (Å²) in [4.78, 5) is 14.1. The van der Waals surface area contributed by atoms with Crippen molar-refractivity contribution in [3.63, 3.8) is 0 Å². The van der Waals surface area contributed by atoms with E-state index in [1.54, 1.807) is 12.1 Å². The van der Waals surface area contributed by atoms with Crippen LogP contribution in [0.3, 0.4) is 0 Å². The minimum atomic E-state index is -0.0413. The van der Waals surface area contributed by atoms with Crippen molar-refractivity contribution in [3.8, 4) is 0 Å². The van der Waals surface area contributed by atoms with Gasteiger partial charge in [0.15, 0.2) is 0 Å². The van der Waals surface area contributed by atoms with Crippen molar-refractivity contribution in [1.82, 2.24) is 4.98 Å². The number of aromatic nitrogens is 1. The van der Waals surface area contributed by atoms with Gasteiger partial charge in [0.05, 0.1) is 0 Å². The Labute approximate surface area is 168 Å². The third-order valence-electron chi connectivity index (χ3n) is 4.96. The Morgan fingerprint density at radius 1 is 0.690 bits per heavy atom. The standard InChI is InChI=1S/C23H20N4O2/c24-17-11-18(22-26-20(13-28-22)15-7-3-1-4-8-15)25-19(12-17)23-27-21(14-29-23)16-9-5-2-6-10-16/h1-12,20-21H,13-14H2,(H2,24,25)/t20-,21-/m1/s1. The Kier molecular flexibility index (Phi) is 4.44. The topological polar surface area (TPSA) is 82.1 Å². The fourth-order valence-electron chi connectivity index (χ4n) is 3.49. The number of rotatable bonds is 4. The molecule has 1 aromatic heterocycles. The van der Waals surface area contributed by atoms with E-state index in [2.05, 4.69) is 4.98 Å². The lowest BCUT2D eigenvalue weighted by Gasteiger charge is -2.06. The van der Waals surface area contributed by atoms with Gasteiger partial charge in [0.2, 0.25) is 11.8 Å². The zero-order valence-corrected chi connectivity index (χ0v) is 15.7. The number of nitrogens with two attached hydrogens (primary N) is 1. The molecule has 6 nitrogen and oxygen atoms in total. The first-order valence-electron chi connectivity index (χ1n) is 9.56. The van der Waals surface area contributed by atoms with E-state index in [-0.39, 0.29) is 12.1 Å². The van der Waals surface area contributed by atoms with E-state index in [0.717, 1.165) is 11.1 Å². The Hall–Kier alpha value is -3.67. The van der Waals surface area contributed by atoms with E-state index in [1.807, 2.05) is 60.7 Å². The summed E-state index contributed by atoms with van der Waals surface area (Å²) in [7, 11) is 0. The van der Waals surface area contributed by atoms with Crippen molar-refractivity contribution in [3.05, 3.63) is 95.3 Å². The van der Waals surface area contributed by atoms with Gasteiger partial charge in [-0.15, -0.1) is 0 Å². The smallest absolute Gasteiger partial charge is 0.236 e. The van der Waals surface area contributed by atoms with E-state index in [0.29, 0.717) is 42.1 Å². The van der Waals surface area contributed by atoms with Crippen LogP contribution < -0.4 is 5.73 Å². The summed E-state index contributed by atoms with van der Waals surface area (Å²) in [6.45, 7) is 0.970. The first-order chi connectivity index (χ1) is 14.3. The largest absolute Gasteiger partial charge is 0.474 e. The quantitative estimate of drug-likeness (QED) is 0.744. The van der Waals surface area contributed by atoms with Crippen LogP contribution in [0, 0.1) is 0 Å². The maximum atomic E-state index is 6.13. The summed E-state index contributed by atoms with van der Waals surface area (Å²) in [6.07, 6.45) is 0. The van der Waals surface area contributed by atoms with E-state index in [1.165, 1.54) is 0 Å². The summed E-state index contributed by atoms with van der Waals surface area (Å²) < 4.78 is 11.6. The van der Waals surface area contributed by atoms with Gasteiger partial charge >= 0.3 is 0 Å². The highest BCUT2D eigenvalue weighted by Crippen LogP contribution is 2.27. The van der Waals surface area contributed by atoms with Crippen molar-refractivity contribution < 1.29 is 9.47 Å². The predicted molar refractivity (Wildman–Crippen MR) is 112 cm³/mol. The van der Waals surface area contributed by atoms with E-state index >= 15 is 0 Å². The average molecular weight is 384 g/mol. The minimum Gasteiger partial charge on any atom is -0.474 e. The van der Waals surface area contributed by atoms with Crippen molar-refractivity contribution in [2.24, 2.45) is 9.98 Å². The average Bonchev–Trinajstić information content (AvgIpc) is 3.45. The summed E-state index contributed by atoms with van der Waals surface area (Å²) in [5.41, 5.74) is 10.1. The van der Waals surface area contributed by atoms with Gasteiger partial charge in [-0.25, -0.2) is 15.0 Å². The van der Waals surface area contributed by atoms with E-state index < -0.39 is 0 Å². The maximum Gasteiger partial charge on any atom is 0.236 e. The second-order valence-electron chi connectivity index (χ2n) is 7.01. The molecule has 29 heavy (non-hydrogen) atoms. The van der Waals surface area contributed by atoms with Crippen LogP contribution in [0.2, 0.25) is 0 Å². The number of hydrogen-bond donors (Lipinski definition) is 1. The Bertz CT molecular complexity index is 997. The van der Waals surface area contributed by atoms with Crippen LogP contribution in [0.1, 0.15) is 34.6 Å². The van der Waals surface area contributed by atoms with Crippen molar-refractivity contribution in [2.45, 2.75) is 12.1 Å². The Balaban J connectivity index is 1.43. The van der Waals surface area contributed by atoms with Gasteiger partial charge in [0, 0.05) is 5.69 Å². The zero-order valence-electron chi connectivity index (χ0n) is 15.7. The highest BCUT2D eigenvalue weighted by Gasteiger charge is 2.26. The van der Waals surface area contributed by atoms with Gasteiger partial charge in [-0.3, -0.25) is 0 Å². The third kappa shape index (κ3) is 3.57. The Morgan fingerprint density at radius 3 is 1.59 bits per heavy atom. The number of benzene rings is 2. The molecule has 0 aliphatic carbocycles. The molecule has 0 spiro atoms. The molecule has 0 bridgehead atoms. The molecule has 0 saturated heterocycles. The van der Waals surface area contributed by atoms with Crippen LogP contribution in [0.4, 0.5) is 5.69 Å². The summed E-state index contributed by atoms with van der Waals surface area (Å²) in [6, 6.07) is 23.6. The third-order valence-corrected chi connectivity index (χ3v) is 4.96. The van der Waals surface area contributed by atoms with Crippen LogP contribution in [0.5, 0.6) is 0 Å². The molecule has 2 N–H and O–H groups in total. The minimum absolute atomic E-state index is 0.0413. The zero-order chi connectivity index (χ0) is 19.6. The molecule has 0 unspecified atom stereocenters. The van der Waals surface area contributed by atoms with Crippen molar-refractivity contribution in [1.29, 1.82) is 0 Å². The maximum absolute atomic E-state index is 6.13. The van der Waals surface area contributed by atoms with Gasteiger partial charge in [0.1, 0.15) is 36.7 Å². The van der Waals surface area contributed by atoms with Gasteiger partial charge < -0.3 is 15.2 Å². The van der Waals surface area contributed by atoms with Gasteiger partial charge in [-0.05, 0) is 23.3 Å². The van der Waals surface area contributed by atoms with Crippen LogP contribution in [-0.4, -0.2) is 30.0 Å². The van der Waals surface area contributed by atoms with Crippen molar-refractivity contribution >= 4 is 17.5 Å². The molecule has 6 heteroatoms. The van der Waals surface area contributed by atoms with Crippen LogP contribution >= 0.6 is 0 Å². The number of nitrogen functional groups attached to an aromatic ring is 1. The lowest BCUT2D eigenvalue weighted by molar-refractivity contribution is 0.317. The lowest BCUT2D eigenvalue weighted by Crippen LogP contribution is -2.11. The molecule has 2 aliphatic heterocycles. The first-order valence-corrected chi connectivity index (χ1v) is 9.56. The van der Waals surface area contributed by atoms with Gasteiger partial charge in [-0.2, -0.15) is 0 Å². The van der Waals surface area contributed by atoms with Gasteiger partial charge in [-0.1, -0.05) is 60.7 Å². The molecule has 2 aromatic carbocycles. The van der Waals surface area contributed by atoms with Gasteiger partial charge in [0.25, 0.3) is 0 Å². The van der Waals surface area contributed by atoms with Crippen molar-refractivity contribution in [2.75, 3.05) is 18.9 Å². The second kappa shape index (κ2) is 7.39. The Morgan fingerprint density at radius 2 is 1.14 bits per heavy atom. The number of hydrogen-bond acceptors (Lipinski definition) is 6. The molecule has 144 valence electrons. The molecule has 2 aliphatic rings. The monoisotopic (exact) mass is 384 g/mol.